The summed E-state index contributed by atoms with van der Waals surface area (Å²) < 4.78 is 5.61. The van der Waals surface area contributed by atoms with Gasteiger partial charge in [-0.25, -0.2) is 0 Å². The van der Waals surface area contributed by atoms with Crippen molar-refractivity contribution >= 4 is 28.9 Å². The summed E-state index contributed by atoms with van der Waals surface area (Å²) in [5, 5.41) is 1.71. The highest BCUT2D eigenvalue weighted by molar-refractivity contribution is 6.31. The lowest BCUT2D eigenvalue weighted by Crippen LogP contribution is -1.84. The molecule has 0 unspecified atom stereocenters. The molecule has 1 aliphatic rings. The van der Waals surface area contributed by atoms with Gasteiger partial charge in [-0.15, -0.1) is 0 Å². The number of furan rings is 1. The third-order valence-corrected chi connectivity index (χ3v) is 3.32. The Morgan fingerprint density at radius 2 is 2.19 bits per heavy atom. The van der Waals surface area contributed by atoms with Crippen LogP contribution in [0, 0.1) is 6.92 Å². The Bertz CT molecular complexity index is 579. The molecule has 3 rings (SSSR count). The van der Waals surface area contributed by atoms with Gasteiger partial charge in [0.1, 0.15) is 5.58 Å². The summed E-state index contributed by atoms with van der Waals surface area (Å²) in [5.74, 6) is 0.960. The number of rotatable bonds is 2. The largest absolute Gasteiger partial charge is 0.453 e. The average Bonchev–Trinajstić information content (AvgIpc) is 3.00. The Morgan fingerprint density at radius 3 is 2.81 bits per heavy atom. The first kappa shape index (κ1) is 9.91. The van der Waals surface area contributed by atoms with Crippen molar-refractivity contribution in [3.63, 3.8) is 0 Å². The van der Waals surface area contributed by atoms with Gasteiger partial charge in [0.25, 0.3) is 0 Å². The van der Waals surface area contributed by atoms with Gasteiger partial charge < -0.3 is 4.42 Å². The third kappa shape index (κ3) is 1.37. The molecule has 0 aliphatic heterocycles. The van der Waals surface area contributed by atoms with E-state index in [4.69, 9.17) is 16.0 Å². The minimum atomic E-state index is 0.475. The molecule has 1 heterocycles. The van der Waals surface area contributed by atoms with Crippen molar-refractivity contribution < 1.29 is 9.21 Å². The van der Waals surface area contributed by atoms with Gasteiger partial charge in [0, 0.05) is 16.0 Å². The second-order valence-corrected chi connectivity index (χ2v) is 4.81. The molecule has 2 nitrogen and oxygen atoms in total. The summed E-state index contributed by atoms with van der Waals surface area (Å²) in [6.45, 7) is 1.95. The van der Waals surface area contributed by atoms with Crippen molar-refractivity contribution in [1.29, 1.82) is 0 Å². The van der Waals surface area contributed by atoms with E-state index in [2.05, 4.69) is 0 Å². The van der Waals surface area contributed by atoms with Gasteiger partial charge in [0.15, 0.2) is 12.0 Å². The summed E-state index contributed by atoms with van der Waals surface area (Å²) in [6.07, 6.45) is 3.09. The Balaban J connectivity index is 2.39. The molecular formula is C13H11ClO2. The SMILES string of the molecule is Cc1cc(Cl)cc2c(C3CC3)c(C=O)oc12. The Hall–Kier alpha value is -1.28. The van der Waals surface area contributed by atoms with Gasteiger partial charge in [-0.1, -0.05) is 11.6 Å². The van der Waals surface area contributed by atoms with Crippen LogP contribution in [0.5, 0.6) is 0 Å². The number of carbonyl (C=O) groups is 1. The van der Waals surface area contributed by atoms with Gasteiger partial charge in [-0.3, -0.25) is 4.79 Å². The molecule has 1 fully saturated rings. The molecule has 0 atom stereocenters. The number of aryl methyl sites for hydroxylation is 1. The quantitative estimate of drug-likeness (QED) is 0.733. The van der Waals surface area contributed by atoms with Crippen LogP contribution >= 0.6 is 11.6 Å². The smallest absolute Gasteiger partial charge is 0.185 e. The number of benzene rings is 1. The van der Waals surface area contributed by atoms with Crippen LogP contribution in [0.25, 0.3) is 11.0 Å². The number of fused-ring (bicyclic) bond motifs is 1. The highest BCUT2D eigenvalue weighted by atomic mass is 35.5. The summed E-state index contributed by atoms with van der Waals surface area (Å²) >= 11 is 6.04. The lowest BCUT2D eigenvalue weighted by molar-refractivity contribution is 0.110. The second-order valence-electron chi connectivity index (χ2n) is 4.37. The Morgan fingerprint density at radius 1 is 1.44 bits per heavy atom. The van der Waals surface area contributed by atoms with E-state index in [9.17, 15) is 4.79 Å². The number of halogens is 1. The fourth-order valence-electron chi connectivity index (χ4n) is 2.24. The van der Waals surface area contributed by atoms with E-state index in [1.807, 2.05) is 19.1 Å². The van der Waals surface area contributed by atoms with Gasteiger partial charge >= 0.3 is 0 Å². The van der Waals surface area contributed by atoms with Crippen LogP contribution in [0.1, 0.15) is 40.4 Å². The van der Waals surface area contributed by atoms with E-state index < -0.39 is 0 Å². The standard InChI is InChI=1S/C13H11ClO2/c1-7-4-9(14)5-10-12(8-2-3-8)11(6-15)16-13(7)10/h4-6,8H,2-3H2,1H3. The number of hydrogen-bond donors (Lipinski definition) is 0. The van der Waals surface area contributed by atoms with Crippen LogP contribution in [0.4, 0.5) is 0 Å². The van der Waals surface area contributed by atoms with Crippen LogP contribution < -0.4 is 0 Å². The van der Waals surface area contributed by atoms with E-state index in [-0.39, 0.29) is 0 Å². The van der Waals surface area contributed by atoms with Crippen molar-refractivity contribution in [3.05, 3.63) is 34.0 Å². The van der Waals surface area contributed by atoms with Crippen LogP contribution in [0.2, 0.25) is 5.02 Å². The summed E-state index contributed by atoms with van der Waals surface area (Å²) in [7, 11) is 0. The lowest BCUT2D eigenvalue weighted by Gasteiger charge is -1.98. The van der Waals surface area contributed by atoms with E-state index in [1.54, 1.807) is 0 Å². The molecule has 0 bridgehead atoms. The Labute approximate surface area is 98.2 Å². The molecule has 82 valence electrons. The lowest BCUT2D eigenvalue weighted by atomic mass is 10.0. The van der Waals surface area contributed by atoms with Crippen LogP contribution in [-0.2, 0) is 0 Å². The first-order valence-corrected chi connectivity index (χ1v) is 5.76. The zero-order valence-electron chi connectivity index (χ0n) is 8.92. The minimum absolute atomic E-state index is 0.475. The van der Waals surface area contributed by atoms with E-state index in [0.717, 1.165) is 41.2 Å². The molecule has 1 aliphatic carbocycles. The van der Waals surface area contributed by atoms with Crippen LogP contribution in [0.3, 0.4) is 0 Å². The van der Waals surface area contributed by atoms with E-state index in [0.29, 0.717) is 16.7 Å². The van der Waals surface area contributed by atoms with Gasteiger partial charge in [-0.05, 0) is 43.4 Å². The predicted molar refractivity (Wildman–Crippen MR) is 63.3 cm³/mol. The maximum Gasteiger partial charge on any atom is 0.185 e. The Kier molecular flexibility index (Phi) is 2.08. The van der Waals surface area contributed by atoms with E-state index in [1.165, 1.54) is 0 Å². The van der Waals surface area contributed by atoms with Crippen molar-refractivity contribution in [2.24, 2.45) is 0 Å². The van der Waals surface area contributed by atoms with Gasteiger partial charge in [0.05, 0.1) is 0 Å². The second kappa shape index (κ2) is 3.36. The van der Waals surface area contributed by atoms with Crippen molar-refractivity contribution in [2.75, 3.05) is 0 Å². The monoisotopic (exact) mass is 234 g/mol. The summed E-state index contributed by atoms with van der Waals surface area (Å²) in [5.41, 5.74) is 2.83. The average molecular weight is 235 g/mol. The fourth-order valence-corrected chi connectivity index (χ4v) is 2.52. The van der Waals surface area contributed by atoms with Gasteiger partial charge in [0.2, 0.25) is 0 Å². The van der Waals surface area contributed by atoms with Crippen LogP contribution in [-0.4, -0.2) is 6.29 Å². The molecule has 0 saturated heterocycles. The molecule has 1 saturated carbocycles. The molecule has 0 radical (unpaired) electrons. The maximum atomic E-state index is 11.0. The zero-order valence-corrected chi connectivity index (χ0v) is 9.67. The molecule has 0 spiro atoms. The third-order valence-electron chi connectivity index (χ3n) is 3.10. The number of hydrogen-bond acceptors (Lipinski definition) is 2. The zero-order chi connectivity index (χ0) is 11.3. The molecular weight excluding hydrogens is 224 g/mol. The van der Waals surface area contributed by atoms with Crippen LogP contribution in [0.15, 0.2) is 16.5 Å². The minimum Gasteiger partial charge on any atom is -0.453 e. The molecule has 0 amide bonds. The molecule has 16 heavy (non-hydrogen) atoms. The first-order chi connectivity index (χ1) is 7.70. The van der Waals surface area contributed by atoms with Gasteiger partial charge in [-0.2, -0.15) is 0 Å². The normalized spacial score (nSPS) is 15.6. The van der Waals surface area contributed by atoms with Crippen molar-refractivity contribution in [2.45, 2.75) is 25.7 Å². The molecule has 3 heteroatoms. The topological polar surface area (TPSA) is 30.2 Å². The summed E-state index contributed by atoms with van der Waals surface area (Å²) in [6, 6.07) is 3.76. The first-order valence-electron chi connectivity index (χ1n) is 5.38. The fraction of sp³-hybridized carbons (Fsp3) is 0.308. The maximum absolute atomic E-state index is 11.0. The van der Waals surface area contributed by atoms with Crippen molar-refractivity contribution in [3.8, 4) is 0 Å². The van der Waals surface area contributed by atoms with Crippen molar-refractivity contribution in [1.82, 2.24) is 0 Å². The summed E-state index contributed by atoms with van der Waals surface area (Å²) in [4.78, 5) is 11.0. The predicted octanol–water partition coefficient (Wildman–Crippen LogP) is 4.08. The molecule has 2 aromatic rings. The highest BCUT2D eigenvalue weighted by Crippen LogP contribution is 2.46. The van der Waals surface area contributed by atoms with E-state index >= 15 is 0 Å². The number of aldehydes is 1. The molecule has 1 aromatic carbocycles. The molecule has 1 aromatic heterocycles. The molecule has 0 N–H and O–H groups in total. The number of carbonyl (C=O) groups excluding carboxylic acids is 1. The highest BCUT2D eigenvalue weighted by Gasteiger charge is 2.31.